The van der Waals surface area contributed by atoms with Gasteiger partial charge in [0.1, 0.15) is 17.8 Å². The molecule has 0 amide bonds. The van der Waals surface area contributed by atoms with Crippen LogP contribution in [0.25, 0.3) is 33.1 Å². The number of para-hydroxylation sites is 1. The maximum atomic E-state index is 6.65. The highest BCUT2D eigenvalue weighted by Crippen LogP contribution is 2.41. The number of halogens is 1. The molecule has 0 fully saturated rings. The summed E-state index contributed by atoms with van der Waals surface area (Å²) in [6, 6.07) is 10.2. The lowest BCUT2D eigenvalue weighted by Gasteiger charge is -2.38. The Morgan fingerprint density at radius 2 is 1.94 bits per heavy atom. The van der Waals surface area contributed by atoms with Crippen molar-refractivity contribution in [3.8, 4) is 11.1 Å². The van der Waals surface area contributed by atoms with E-state index in [1.165, 1.54) is 6.33 Å². The summed E-state index contributed by atoms with van der Waals surface area (Å²) < 4.78 is 9.62. The van der Waals surface area contributed by atoms with Crippen LogP contribution < -0.4 is 5.73 Å². The third-order valence-corrected chi connectivity index (χ3v) is 11.9. The van der Waals surface area contributed by atoms with Gasteiger partial charge in [-0.1, -0.05) is 45.0 Å². The van der Waals surface area contributed by atoms with Gasteiger partial charge in [-0.25, -0.2) is 9.97 Å². The van der Waals surface area contributed by atoms with Gasteiger partial charge >= 0.3 is 0 Å². The Balaban J connectivity index is 1.84. The van der Waals surface area contributed by atoms with Crippen LogP contribution in [0.5, 0.6) is 0 Å². The molecule has 4 aromatic rings. The fourth-order valence-electron chi connectivity index (χ4n) is 3.70. The van der Waals surface area contributed by atoms with Crippen molar-refractivity contribution in [1.29, 1.82) is 0 Å². The summed E-state index contributed by atoms with van der Waals surface area (Å²) in [5, 5.41) is 1.96. The Hall–Kier alpha value is -2.55. The van der Waals surface area contributed by atoms with Gasteiger partial charge in [0.15, 0.2) is 8.32 Å². The van der Waals surface area contributed by atoms with E-state index in [9.17, 15) is 0 Å². The van der Waals surface area contributed by atoms with Crippen LogP contribution >= 0.6 is 15.9 Å². The first-order valence-electron chi connectivity index (χ1n) is 11.0. The second-order valence-corrected chi connectivity index (χ2v) is 15.3. The molecule has 0 aliphatic carbocycles. The second-order valence-electron chi connectivity index (χ2n) is 9.80. The van der Waals surface area contributed by atoms with Crippen LogP contribution in [0.4, 0.5) is 5.82 Å². The van der Waals surface area contributed by atoms with Gasteiger partial charge in [0, 0.05) is 22.7 Å². The molecule has 3 aromatic heterocycles. The fraction of sp³-hybridized carbons (Fsp3) is 0.320. The van der Waals surface area contributed by atoms with E-state index in [1.807, 2.05) is 30.5 Å². The number of hydrogen-bond acceptors (Lipinski definition) is 5. The van der Waals surface area contributed by atoms with Gasteiger partial charge in [0.05, 0.1) is 28.2 Å². The van der Waals surface area contributed by atoms with Gasteiger partial charge in [-0.15, -0.1) is 6.58 Å². The van der Waals surface area contributed by atoms with Crippen molar-refractivity contribution in [2.45, 2.75) is 51.6 Å². The van der Waals surface area contributed by atoms with Gasteiger partial charge in [-0.3, -0.25) is 4.98 Å². The Bertz CT molecular complexity index is 1340. The normalized spacial score (nSPS) is 13.5. The maximum absolute atomic E-state index is 6.65. The molecule has 0 saturated heterocycles. The number of anilines is 1. The van der Waals surface area contributed by atoms with Gasteiger partial charge < -0.3 is 14.7 Å². The maximum Gasteiger partial charge on any atom is 0.192 e. The Kier molecular flexibility index (Phi) is 6.20. The highest BCUT2D eigenvalue weighted by Gasteiger charge is 2.39. The minimum Gasteiger partial charge on any atom is -0.409 e. The molecule has 0 radical (unpaired) electrons. The van der Waals surface area contributed by atoms with Gasteiger partial charge in [0.25, 0.3) is 0 Å². The molecule has 1 aromatic carbocycles. The van der Waals surface area contributed by atoms with Crippen LogP contribution in [-0.4, -0.2) is 33.9 Å². The molecule has 6 nitrogen and oxygen atoms in total. The van der Waals surface area contributed by atoms with E-state index >= 15 is 0 Å². The lowest BCUT2D eigenvalue weighted by molar-refractivity contribution is 0.205. The summed E-state index contributed by atoms with van der Waals surface area (Å²) in [7, 11) is -1.99. The summed E-state index contributed by atoms with van der Waals surface area (Å²) in [6.45, 7) is 15.8. The molecular formula is C25H30BrN5OSi. The fourth-order valence-corrected chi connectivity index (χ4v) is 5.72. The van der Waals surface area contributed by atoms with Gasteiger partial charge in [-0.2, -0.15) is 0 Å². The second kappa shape index (κ2) is 8.66. The Labute approximate surface area is 204 Å². The molecule has 172 valence electrons. The molecule has 3 heterocycles. The number of nitrogens with zero attached hydrogens (tertiary/aromatic N) is 4. The standard InChI is InChI=1S/C25H30BrN5OSi/c1-7-18(32-33(5,6)25(2,3)4)14-31-22(26)20(21-23(27)29-15-30-24(21)31)17-12-16-10-8-9-11-19(16)28-13-17/h7-13,15,18H,1,14H2,2-6H3,(H2,27,29,30). The van der Waals surface area contributed by atoms with E-state index in [1.54, 1.807) is 0 Å². The zero-order chi connectivity index (χ0) is 24.0. The van der Waals surface area contributed by atoms with Gasteiger partial charge in [-0.05, 0) is 46.2 Å². The van der Waals surface area contributed by atoms with Crippen molar-refractivity contribution in [2.75, 3.05) is 5.73 Å². The Morgan fingerprint density at radius 1 is 1.21 bits per heavy atom. The van der Waals surface area contributed by atoms with Crippen molar-refractivity contribution in [3.05, 3.63) is 60.1 Å². The van der Waals surface area contributed by atoms with E-state index in [4.69, 9.17) is 10.2 Å². The first-order chi connectivity index (χ1) is 15.5. The van der Waals surface area contributed by atoms with Gasteiger partial charge in [0.2, 0.25) is 0 Å². The quantitative estimate of drug-likeness (QED) is 0.228. The number of benzene rings is 1. The van der Waals surface area contributed by atoms with Crippen LogP contribution in [-0.2, 0) is 11.0 Å². The minimum atomic E-state index is -1.99. The summed E-state index contributed by atoms with van der Waals surface area (Å²) in [5.74, 6) is 0.433. The first kappa shape index (κ1) is 23.6. The molecule has 0 bridgehead atoms. The van der Waals surface area contributed by atoms with E-state index in [0.717, 1.165) is 37.7 Å². The first-order valence-corrected chi connectivity index (χ1v) is 14.7. The van der Waals surface area contributed by atoms with E-state index in [0.29, 0.717) is 12.4 Å². The predicted molar refractivity (Wildman–Crippen MR) is 143 cm³/mol. The van der Waals surface area contributed by atoms with Crippen molar-refractivity contribution < 1.29 is 4.43 Å². The molecule has 0 aliphatic heterocycles. The lowest BCUT2D eigenvalue weighted by Crippen LogP contribution is -2.44. The van der Waals surface area contributed by atoms with Crippen LogP contribution in [0.15, 0.2) is 60.1 Å². The average molecular weight is 525 g/mol. The zero-order valence-electron chi connectivity index (χ0n) is 19.8. The summed E-state index contributed by atoms with van der Waals surface area (Å²) in [4.78, 5) is 13.5. The molecule has 1 unspecified atom stereocenters. The number of fused-ring (bicyclic) bond motifs is 2. The average Bonchev–Trinajstić information content (AvgIpc) is 3.04. The summed E-state index contributed by atoms with van der Waals surface area (Å²) in [6.07, 6.45) is 5.08. The molecule has 0 saturated carbocycles. The van der Waals surface area contributed by atoms with Crippen molar-refractivity contribution >= 4 is 52.0 Å². The molecule has 0 spiro atoms. The van der Waals surface area contributed by atoms with E-state index in [2.05, 4.69) is 88.0 Å². The third kappa shape index (κ3) is 4.35. The number of rotatable bonds is 6. The zero-order valence-corrected chi connectivity index (χ0v) is 22.3. The molecule has 0 aliphatic rings. The number of nitrogen functional groups attached to an aromatic ring is 1. The van der Waals surface area contributed by atoms with Crippen LogP contribution in [0, 0.1) is 0 Å². The van der Waals surface area contributed by atoms with E-state index < -0.39 is 8.32 Å². The van der Waals surface area contributed by atoms with Crippen LogP contribution in [0.1, 0.15) is 20.8 Å². The number of nitrogens with two attached hydrogens (primary N) is 1. The molecular weight excluding hydrogens is 494 g/mol. The van der Waals surface area contributed by atoms with Crippen LogP contribution in [0.3, 0.4) is 0 Å². The highest BCUT2D eigenvalue weighted by atomic mass is 79.9. The van der Waals surface area contributed by atoms with Crippen molar-refractivity contribution in [2.24, 2.45) is 0 Å². The lowest BCUT2D eigenvalue weighted by atomic mass is 10.1. The highest BCUT2D eigenvalue weighted by molar-refractivity contribution is 9.10. The predicted octanol–water partition coefficient (Wildman–Crippen LogP) is 6.57. The monoisotopic (exact) mass is 523 g/mol. The van der Waals surface area contributed by atoms with E-state index in [-0.39, 0.29) is 11.1 Å². The van der Waals surface area contributed by atoms with Crippen molar-refractivity contribution in [3.63, 3.8) is 0 Å². The number of aromatic nitrogens is 4. The summed E-state index contributed by atoms with van der Waals surface area (Å²) >= 11 is 3.84. The minimum absolute atomic E-state index is 0.0960. The smallest absolute Gasteiger partial charge is 0.192 e. The number of hydrogen-bond donors (Lipinski definition) is 1. The molecule has 33 heavy (non-hydrogen) atoms. The third-order valence-electron chi connectivity index (χ3n) is 6.56. The molecule has 8 heteroatoms. The summed E-state index contributed by atoms with van der Waals surface area (Å²) in [5.41, 5.74) is 9.94. The Morgan fingerprint density at radius 3 is 2.64 bits per heavy atom. The topological polar surface area (TPSA) is 78.9 Å². The van der Waals surface area contributed by atoms with Crippen LogP contribution in [0.2, 0.25) is 18.1 Å². The molecule has 2 N–H and O–H groups in total. The van der Waals surface area contributed by atoms with Crippen molar-refractivity contribution in [1.82, 2.24) is 19.5 Å². The number of pyridine rings is 1. The molecule has 4 rings (SSSR count). The SMILES string of the molecule is C=CC(Cn1c(Br)c(-c2cnc3ccccc3c2)c2c(N)ncnc21)O[Si](C)(C)C(C)(C)C. The molecule has 1 atom stereocenters. The largest absolute Gasteiger partial charge is 0.409 e.